The number of amides is 1. The Labute approximate surface area is 225 Å². The maximum Gasteiger partial charge on any atom is 0.344 e. The van der Waals surface area contributed by atoms with Crippen LogP contribution in [0.25, 0.3) is 0 Å². The molecule has 1 aromatic carbocycles. The van der Waals surface area contributed by atoms with Crippen LogP contribution in [-0.4, -0.2) is 88.4 Å². The minimum absolute atomic E-state index is 0.0552. The third-order valence-corrected chi connectivity index (χ3v) is 8.64. The van der Waals surface area contributed by atoms with E-state index < -0.39 is 0 Å². The van der Waals surface area contributed by atoms with Crippen molar-refractivity contribution in [3.05, 3.63) is 53.3 Å². The summed E-state index contributed by atoms with van der Waals surface area (Å²) in [6.45, 7) is 16.9. The lowest BCUT2D eigenvalue weighted by atomic mass is 9.84. The Hall–Kier alpha value is -2.55. The molecule has 5 rings (SSSR count). The Balaban J connectivity index is 1.25. The van der Waals surface area contributed by atoms with Gasteiger partial charge in [-0.3, -0.25) is 4.90 Å². The van der Waals surface area contributed by atoms with Gasteiger partial charge in [-0.15, -0.1) is 5.10 Å². The van der Waals surface area contributed by atoms with E-state index in [2.05, 4.69) is 50.8 Å². The van der Waals surface area contributed by atoms with Crippen LogP contribution in [0.3, 0.4) is 0 Å². The number of halogens is 1. The van der Waals surface area contributed by atoms with E-state index in [0.717, 1.165) is 82.5 Å². The molecule has 1 aromatic heterocycles. The summed E-state index contributed by atoms with van der Waals surface area (Å²) in [6, 6.07) is 8.17. The maximum absolute atomic E-state index is 13.1. The lowest BCUT2D eigenvalue weighted by molar-refractivity contribution is 0.0585. The Morgan fingerprint density at radius 2 is 1.84 bits per heavy atom. The van der Waals surface area contributed by atoms with Crippen molar-refractivity contribution in [2.24, 2.45) is 0 Å². The van der Waals surface area contributed by atoms with Crippen molar-refractivity contribution < 1.29 is 4.79 Å². The number of allylic oxidation sites excluding steroid dienone is 1. The number of carbonyl (C=O) groups is 1. The van der Waals surface area contributed by atoms with Gasteiger partial charge in [-0.2, -0.15) is 4.68 Å². The van der Waals surface area contributed by atoms with Crippen molar-refractivity contribution in [2.75, 3.05) is 62.6 Å². The fourth-order valence-corrected chi connectivity index (χ4v) is 6.42. The van der Waals surface area contributed by atoms with Crippen LogP contribution in [0.4, 0.5) is 16.3 Å². The van der Waals surface area contributed by atoms with Crippen LogP contribution in [0.1, 0.15) is 45.1 Å². The molecule has 0 saturated carbocycles. The van der Waals surface area contributed by atoms with E-state index in [1.165, 1.54) is 28.8 Å². The van der Waals surface area contributed by atoms with Gasteiger partial charge < -0.3 is 20.0 Å². The summed E-state index contributed by atoms with van der Waals surface area (Å²) < 4.78 is 1.44. The summed E-state index contributed by atoms with van der Waals surface area (Å²) in [5, 5.41) is 8.26. The van der Waals surface area contributed by atoms with Crippen molar-refractivity contribution in [3.63, 3.8) is 0 Å². The van der Waals surface area contributed by atoms with Gasteiger partial charge in [0.2, 0.25) is 0 Å². The highest BCUT2D eigenvalue weighted by Crippen LogP contribution is 2.40. The number of likely N-dealkylation sites (N-methyl/N-ethyl adjacent to an activating group) is 1. The number of aromatic nitrogens is 2. The van der Waals surface area contributed by atoms with Gasteiger partial charge in [-0.25, -0.2) is 4.79 Å². The van der Waals surface area contributed by atoms with Crippen LogP contribution in [0.15, 0.2) is 42.7 Å². The zero-order valence-corrected chi connectivity index (χ0v) is 23.0. The summed E-state index contributed by atoms with van der Waals surface area (Å²) in [5.74, 6) is 0.645. The van der Waals surface area contributed by atoms with E-state index in [0.29, 0.717) is 5.82 Å². The highest BCUT2D eigenvalue weighted by atomic mass is 35.5. The SMILES string of the molecule is C=C(C)Nc1ccn(C(=O)N2CCC3(CCCN3Cc3ccc(Cl)cc3N3CCN(CC)CC3)CC2)n1. The molecule has 0 aliphatic carbocycles. The lowest BCUT2D eigenvalue weighted by Crippen LogP contribution is -2.53. The van der Waals surface area contributed by atoms with Crippen LogP contribution >= 0.6 is 11.6 Å². The highest BCUT2D eigenvalue weighted by molar-refractivity contribution is 6.30. The van der Waals surface area contributed by atoms with Crippen LogP contribution in [-0.2, 0) is 6.54 Å². The Morgan fingerprint density at radius 3 is 2.54 bits per heavy atom. The molecule has 0 bridgehead atoms. The van der Waals surface area contributed by atoms with Crippen LogP contribution in [0, 0.1) is 0 Å². The van der Waals surface area contributed by atoms with Gasteiger partial charge in [0.15, 0.2) is 5.82 Å². The predicted octanol–water partition coefficient (Wildman–Crippen LogP) is 4.72. The molecule has 200 valence electrons. The normalized spacial score (nSPS) is 20.5. The molecule has 1 amide bonds. The number of nitrogens with zero attached hydrogens (tertiary/aromatic N) is 6. The number of piperazine rings is 1. The van der Waals surface area contributed by atoms with Crippen molar-refractivity contribution in [1.29, 1.82) is 0 Å². The number of hydrogen-bond donors (Lipinski definition) is 1. The molecule has 1 N–H and O–H groups in total. The van der Waals surface area contributed by atoms with Gasteiger partial charge in [0.25, 0.3) is 0 Å². The average Bonchev–Trinajstić information content (AvgIpc) is 3.52. The fourth-order valence-electron chi connectivity index (χ4n) is 6.26. The second kappa shape index (κ2) is 11.1. The second-order valence-corrected chi connectivity index (χ2v) is 11.2. The maximum atomic E-state index is 13.1. The Kier molecular flexibility index (Phi) is 7.79. The molecule has 9 heteroatoms. The molecule has 37 heavy (non-hydrogen) atoms. The number of nitrogens with one attached hydrogen (secondary N) is 1. The van der Waals surface area contributed by atoms with Gasteiger partial charge in [0.1, 0.15) is 0 Å². The second-order valence-electron chi connectivity index (χ2n) is 10.8. The molecule has 0 radical (unpaired) electrons. The first kappa shape index (κ1) is 26.1. The van der Waals surface area contributed by atoms with E-state index in [1.807, 2.05) is 24.0 Å². The molecule has 8 nitrogen and oxygen atoms in total. The van der Waals surface area contributed by atoms with E-state index in [1.54, 1.807) is 6.20 Å². The third kappa shape index (κ3) is 5.66. The molecule has 1 spiro atoms. The van der Waals surface area contributed by atoms with E-state index >= 15 is 0 Å². The number of hydrogen-bond acceptors (Lipinski definition) is 6. The third-order valence-electron chi connectivity index (χ3n) is 8.40. The summed E-state index contributed by atoms with van der Waals surface area (Å²) in [6.07, 6.45) is 6.12. The number of anilines is 2. The van der Waals surface area contributed by atoms with Gasteiger partial charge in [0.05, 0.1) is 0 Å². The molecular weight excluding hydrogens is 486 g/mol. The van der Waals surface area contributed by atoms with Gasteiger partial charge in [0, 0.05) is 80.0 Å². The van der Waals surface area contributed by atoms with Crippen molar-refractivity contribution >= 4 is 29.1 Å². The summed E-state index contributed by atoms with van der Waals surface area (Å²) >= 11 is 6.47. The van der Waals surface area contributed by atoms with Crippen LogP contribution < -0.4 is 10.2 Å². The predicted molar refractivity (Wildman–Crippen MR) is 150 cm³/mol. The smallest absolute Gasteiger partial charge is 0.344 e. The van der Waals surface area contributed by atoms with Crippen LogP contribution in [0.2, 0.25) is 5.02 Å². The minimum Gasteiger partial charge on any atom is -0.369 e. The van der Waals surface area contributed by atoms with E-state index in [4.69, 9.17) is 11.6 Å². The molecule has 0 atom stereocenters. The standard InChI is InChI=1S/C28H40ClN7O/c1-4-32-16-18-33(19-17-32)25-20-24(29)7-6-23(25)21-35-12-5-9-28(35)10-14-34(15-11-28)27(37)36-13-8-26(31-36)30-22(2)3/h6-8,13,20H,2,4-5,9-12,14-19,21H2,1,3H3,(H,30,31). The molecule has 2 aromatic rings. The van der Waals surface area contributed by atoms with E-state index in [9.17, 15) is 4.79 Å². The van der Waals surface area contributed by atoms with Gasteiger partial charge in [-0.1, -0.05) is 31.2 Å². The molecule has 3 fully saturated rings. The first-order chi connectivity index (χ1) is 17.9. The number of benzene rings is 1. The number of piperidine rings is 1. The number of carbonyl (C=O) groups excluding carboxylic acids is 1. The Morgan fingerprint density at radius 1 is 1.08 bits per heavy atom. The molecular formula is C28H40ClN7O. The monoisotopic (exact) mass is 525 g/mol. The van der Waals surface area contributed by atoms with Crippen molar-refractivity contribution in [3.8, 4) is 0 Å². The highest BCUT2D eigenvalue weighted by Gasteiger charge is 2.44. The summed E-state index contributed by atoms with van der Waals surface area (Å²) in [4.78, 5) is 22.8. The molecule has 3 saturated heterocycles. The summed E-state index contributed by atoms with van der Waals surface area (Å²) in [5.41, 5.74) is 3.61. The minimum atomic E-state index is -0.0552. The first-order valence-corrected chi connectivity index (χ1v) is 14.0. The van der Waals surface area contributed by atoms with Crippen LogP contribution in [0.5, 0.6) is 0 Å². The topological polar surface area (TPSA) is 59.9 Å². The first-order valence-electron chi connectivity index (χ1n) is 13.7. The lowest BCUT2D eigenvalue weighted by Gasteiger charge is -2.45. The fraction of sp³-hybridized carbons (Fsp3) is 0.571. The van der Waals surface area contributed by atoms with E-state index in [-0.39, 0.29) is 11.6 Å². The molecule has 0 unspecified atom stereocenters. The van der Waals surface area contributed by atoms with Crippen molar-refractivity contribution in [2.45, 2.75) is 51.6 Å². The molecule has 3 aliphatic heterocycles. The largest absolute Gasteiger partial charge is 0.369 e. The zero-order chi connectivity index (χ0) is 26.0. The average molecular weight is 526 g/mol. The van der Waals surface area contributed by atoms with Crippen molar-refractivity contribution in [1.82, 2.24) is 24.5 Å². The molecule has 4 heterocycles. The zero-order valence-electron chi connectivity index (χ0n) is 22.3. The molecule has 3 aliphatic rings. The number of rotatable bonds is 6. The van der Waals surface area contributed by atoms with Gasteiger partial charge >= 0.3 is 6.03 Å². The quantitative estimate of drug-likeness (QED) is 0.588. The summed E-state index contributed by atoms with van der Waals surface area (Å²) in [7, 11) is 0. The Bertz CT molecular complexity index is 1120. The van der Waals surface area contributed by atoms with Gasteiger partial charge in [-0.05, 0) is 63.4 Å². The number of likely N-dealkylation sites (tertiary alicyclic amines) is 2.